The Morgan fingerprint density at radius 3 is 2.81 bits per heavy atom. The second-order valence-electron chi connectivity index (χ2n) is 3.80. The van der Waals surface area contributed by atoms with Gasteiger partial charge in [0.05, 0.1) is 0 Å². The summed E-state index contributed by atoms with van der Waals surface area (Å²) in [6.45, 7) is 0.563. The third kappa shape index (κ3) is 5.16. The summed E-state index contributed by atoms with van der Waals surface area (Å²) in [6.07, 6.45) is 7.88. The third-order valence-electron chi connectivity index (χ3n) is 2.49. The van der Waals surface area contributed by atoms with Crippen molar-refractivity contribution in [2.45, 2.75) is 32.1 Å². The van der Waals surface area contributed by atoms with E-state index in [2.05, 4.69) is 16.7 Å². The minimum absolute atomic E-state index is 0.196. The van der Waals surface area contributed by atoms with Crippen LogP contribution < -0.4 is 10.6 Å². The molecule has 5 heteroatoms. The van der Waals surface area contributed by atoms with Gasteiger partial charge in [0.2, 0.25) is 5.91 Å². The van der Waals surface area contributed by atoms with Crippen molar-refractivity contribution in [2.24, 2.45) is 0 Å². The zero-order valence-corrected chi connectivity index (χ0v) is 9.98. The molecule has 4 nitrogen and oxygen atoms in total. The highest BCUT2D eigenvalue weighted by Gasteiger charge is 2.06. The van der Waals surface area contributed by atoms with Crippen LogP contribution in [0.4, 0.5) is 4.79 Å². The predicted molar refractivity (Wildman–Crippen MR) is 63.4 cm³/mol. The van der Waals surface area contributed by atoms with E-state index in [0.717, 1.165) is 19.3 Å². The molecule has 2 N–H and O–H groups in total. The first-order valence-corrected chi connectivity index (χ1v) is 6.07. The minimum atomic E-state index is -0.476. The molecule has 1 aliphatic carbocycles. The van der Waals surface area contributed by atoms with Gasteiger partial charge in [0.15, 0.2) is 0 Å². The van der Waals surface area contributed by atoms with Gasteiger partial charge in [-0.15, -0.1) is 11.6 Å². The molecule has 0 heterocycles. The Hall–Kier alpha value is -1.03. The fraction of sp³-hybridized carbons (Fsp3) is 0.636. The van der Waals surface area contributed by atoms with Gasteiger partial charge < -0.3 is 5.32 Å². The molecule has 0 radical (unpaired) electrons. The number of alkyl halides is 1. The van der Waals surface area contributed by atoms with E-state index < -0.39 is 11.9 Å². The van der Waals surface area contributed by atoms with Gasteiger partial charge in [0, 0.05) is 6.54 Å². The molecule has 0 atom stereocenters. The zero-order valence-electron chi connectivity index (χ0n) is 9.22. The van der Waals surface area contributed by atoms with E-state index >= 15 is 0 Å². The van der Waals surface area contributed by atoms with Crippen LogP contribution in [0.1, 0.15) is 32.1 Å². The molecule has 0 aromatic rings. The summed E-state index contributed by atoms with van der Waals surface area (Å²) >= 11 is 5.25. The zero-order chi connectivity index (χ0) is 11.8. The summed E-state index contributed by atoms with van der Waals surface area (Å²) in [5, 5.41) is 4.75. The molecule has 0 unspecified atom stereocenters. The van der Waals surface area contributed by atoms with E-state index in [1.807, 2.05) is 0 Å². The molecule has 0 bridgehead atoms. The summed E-state index contributed by atoms with van der Waals surface area (Å²) in [4.78, 5) is 21.9. The van der Waals surface area contributed by atoms with Crippen LogP contribution in [0, 0.1) is 0 Å². The minimum Gasteiger partial charge on any atom is -0.337 e. The van der Waals surface area contributed by atoms with E-state index in [1.54, 1.807) is 0 Å². The van der Waals surface area contributed by atoms with Crippen molar-refractivity contribution in [3.63, 3.8) is 0 Å². The lowest BCUT2D eigenvalue weighted by atomic mass is 9.97. The van der Waals surface area contributed by atoms with Crippen LogP contribution >= 0.6 is 11.6 Å². The highest BCUT2D eigenvalue weighted by Crippen LogP contribution is 2.19. The Morgan fingerprint density at radius 1 is 1.38 bits per heavy atom. The highest BCUT2D eigenvalue weighted by molar-refractivity contribution is 6.28. The first kappa shape index (κ1) is 13.0. The lowest BCUT2D eigenvalue weighted by Crippen LogP contribution is -2.40. The molecule has 0 aliphatic heterocycles. The Bertz CT molecular complexity index is 290. The number of amides is 3. The molecule has 0 saturated carbocycles. The van der Waals surface area contributed by atoms with Crippen LogP contribution in [0.5, 0.6) is 0 Å². The molecule has 0 fully saturated rings. The van der Waals surface area contributed by atoms with Crippen molar-refractivity contribution in [1.29, 1.82) is 0 Å². The number of hydrogen-bond donors (Lipinski definition) is 2. The van der Waals surface area contributed by atoms with Crippen LogP contribution in [0.3, 0.4) is 0 Å². The first-order chi connectivity index (χ1) is 7.72. The monoisotopic (exact) mass is 244 g/mol. The van der Waals surface area contributed by atoms with Gasteiger partial charge in [-0.3, -0.25) is 10.1 Å². The number of rotatable bonds is 4. The fourth-order valence-corrected chi connectivity index (χ4v) is 1.74. The molecule has 0 aromatic carbocycles. The third-order valence-corrected chi connectivity index (χ3v) is 2.73. The van der Waals surface area contributed by atoms with Crippen LogP contribution in [0.25, 0.3) is 0 Å². The van der Waals surface area contributed by atoms with Gasteiger partial charge in [-0.05, 0) is 32.1 Å². The van der Waals surface area contributed by atoms with Gasteiger partial charge in [-0.2, -0.15) is 0 Å². The van der Waals surface area contributed by atoms with Crippen LogP contribution in [0.15, 0.2) is 11.6 Å². The number of halogens is 1. The summed E-state index contributed by atoms with van der Waals surface area (Å²) in [7, 11) is 0. The normalized spacial score (nSPS) is 15.2. The standard InChI is InChI=1S/C11H17ClN2O2/c12-8-10(15)14-11(16)13-7-6-9-4-2-1-3-5-9/h4H,1-3,5-8H2,(H2,13,14,15,16). The largest absolute Gasteiger partial charge is 0.337 e. The SMILES string of the molecule is O=C(CCl)NC(=O)NCCC1=CCCCC1. The van der Waals surface area contributed by atoms with Gasteiger partial charge in [0.25, 0.3) is 0 Å². The van der Waals surface area contributed by atoms with Crippen LogP contribution in [-0.4, -0.2) is 24.4 Å². The molecular weight excluding hydrogens is 228 g/mol. The maximum atomic E-state index is 11.1. The van der Waals surface area contributed by atoms with Gasteiger partial charge in [0.1, 0.15) is 5.88 Å². The second-order valence-corrected chi connectivity index (χ2v) is 4.06. The molecular formula is C11H17ClN2O2. The number of allylic oxidation sites excluding steroid dienone is 1. The predicted octanol–water partition coefficient (Wildman–Crippen LogP) is 1.94. The highest BCUT2D eigenvalue weighted by atomic mass is 35.5. The molecule has 0 saturated heterocycles. The average Bonchev–Trinajstić information content (AvgIpc) is 2.30. The van der Waals surface area contributed by atoms with Crippen molar-refractivity contribution in [3.8, 4) is 0 Å². The average molecular weight is 245 g/mol. The van der Waals surface area contributed by atoms with E-state index in [4.69, 9.17) is 11.6 Å². The van der Waals surface area contributed by atoms with E-state index in [1.165, 1.54) is 18.4 Å². The van der Waals surface area contributed by atoms with Crippen molar-refractivity contribution < 1.29 is 9.59 Å². The second kappa shape index (κ2) is 7.28. The lowest BCUT2D eigenvalue weighted by molar-refractivity contribution is -0.117. The number of urea groups is 1. The summed E-state index contributed by atoms with van der Waals surface area (Å²) in [6, 6.07) is -0.470. The molecule has 0 aromatic heterocycles. The number of hydrogen-bond acceptors (Lipinski definition) is 2. The van der Waals surface area contributed by atoms with Crippen molar-refractivity contribution in [3.05, 3.63) is 11.6 Å². The van der Waals surface area contributed by atoms with Gasteiger partial charge >= 0.3 is 6.03 Å². The Balaban J connectivity index is 2.12. The van der Waals surface area contributed by atoms with E-state index in [9.17, 15) is 9.59 Å². The molecule has 1 aliphatic rings. The Kier molecular flexibility index (Phi) is 5.93. The number of nitrogens with one attached hydrogen (secondary N) is 2. The van der Waals surface area contributed by atoms with E-state index in [0.29, 0.717) is 6.54 Å². The Morgan fingerprint density at radius 2 is 2.19 bits per heavy atom. The maximum Gasteiger partial charge on any atom is 0.321 e. The fourth-order valence-electron chi connectivity index (χ4n) is 1.67. The molecule has 0 spiro atoms. The van der Waals surface area contributed by atoms with Crippen LogP contribution in [-0.2, 0) is 4.79 Å². The molecule has 90 valence electrons. The Labute approximate surface area is 100 Å². The first-order valence-electron chi connectivity index (χ1n) is 5.54. The lowest BCUT2D eigenvalue weighted by Gasteiger charge is -2.12. The van der Waals surface area contributed by atoms with Gasteiger partial charge in [-0.1, -0.05) is 11.6 Å². The summed E-state index contributed by atoms with van der Waals surface area (Å²) < 4.78 is 0. The van der Waals surface area contributed by atoms with Crippen molar-refractivity contribution in [2.75, 3.05) is 12.4 Å². The van der Waals surface area contributed by atoms with E-state index in [-0.39, 0.29) is 5.88 Å². The van der Waals surface area contributed by atoms with Crippen molar-refractivity contribution in [1.82, 2.24) is 10.6 Å². The maximum absolute atomic E-state index is 11.1. The summed E-state index contributed by atoms with van der Waals surface area (Å²) in [5.74, 6) is -0.672. The molecule has 1 rings (SSSR count). The van der Waals surface area contributed by atoms with Crippen LogP contribution in [0.2, 0.25) is 0 Å². The summed E-state index contributed by atoms with van der Waals surface area (Å²) in [5.41, 5.74) is 1.40. The number of carbonyl (C=O) groups is 2. The smallest absolute Gasteiger partial charge is 0.321 e. The van der Waals surface area contributed by atoms with Crippen molar-refractivity contribution >= 4 is 23.5 Å². The number of carbonyl (C=O) groups excluding carboxylic acids is 2. The quantitative estimate of drug-likeness (QED) is 0.587. The number of imide groups is 1. The molecule has 3 amide bonds. The molecule has 16 heavy (non-hydrogen) atoms. The topological polar surface area (TPSA) is 58.2 Å². The van der Waals surface area contributed by atoms with Gasteiger partial charge in [-0.25, -0.2) is 4.79 Å².